The van der Waals surface area contributed by atoms with E-state index in [1.807, 2.05) is 30.3 Å². The summed E-state index contributed by atoms with van der Waals surface area (Å²) in [6, 6.07) is 8.38. The molecule has 25 heavy (non-hydrogen) atoms. The van der Waals surface area contributed by atoms with Crippen LogP contribution in [0.3, 0.4) is 0 Å². The number of rotatable bonds is 8. The molecule has 0 fully saturated rings. The minimum atomic E-state index is -3.14. The molecule has 2 rings (SSSR count). The highest BCUT2D eigenvalue weighted by Crippen LogP contribution is 2.22. The number of nitrogens with two attached hydrogens (primary N) is 1. The standard InChI is InChI=1S/C17H21F2N3O3/c1-13(23)17(20)7-9-22(15(24)21-17)12-16(18,19)8-10-25-11-14-5-3-2-4-6-14/h2-7,9H,8,10-12,20H2,1H3,(H,21,24). The predicted molar refractivity (Wildman–Crippen MR) is 87.6 cm³/mol. The van der Waals surface area contributed by atoms with Gasteiger partial charge in [0.25, 0.3) is 5.92 Å². The molecule has 6 nitrogen and oxygen atoms in total. The van der Waals surface area contributed by atoms with Crippen LogP contribution in [-0.4, -0.2) is 41.5 Å². The number of ether oxygens (including phenoxy) is 1. The van der Waals surface area contributed by atoms with Gasteiger partial charge in [-0.1, -0.05) is 30.3 Å². The summed E-state index contributed by atoms with van der Waals surface area (Å²) < 4.78 is 33.3. The second-order valence-corrected chi connectivity index (χ2v) is 5.94. The molecule has 3 N–H and O–H groups in total. The van der Waals surface area contributed by atoms with Crippen LogP contribution in [0.25, 0.3) is 0 Å². The van der Waals surface area contributed by atoms with Gasteiger partial charge in [-0.2, -0.15) is 0 Å². The normalized spacial score (nSPS) is 20.5. The largest absolute Gasteiger partial charge is 0.377 e. The highest BCUT2D eigenvalue weighted by molar-refractivity contribution is 5.93. The van der Waals surface area contributed by atoms with E-state index in [0.717, 1.165) is 16.7 Å². The molecule has 0 bridgehead atoms. The van der Waals surface area contributed by atoms with E-state index in [4.69, 9.17) is 10.5 Å². The maximum Gasteiger partial charge on any atom is 0.323 e. The Labute approximate surface area is 144 Å². The highest BCUT2D eigenvalue weighted by Gasteiger charge is 2.39. The lowest BCUT2D eigenvalue weighted by molar-refractivity contribution is -0.121. The first kappa shape index (κ1) is 19.0. The van der Waals surface area contributed by atoms with Gasteiger partial charge in [-0.3, -0.25) is 15.4 Å². The van der Waals surface area contributed by atoms with Crippen LogP contribution in [0.4, 0.5) is 13.6 Å². The molecule has 0 aliphatic carbocycles. The van der Waals surface area contributed by atoms with Crippen LogP contribution in [0.2, 0.25) is 0 Å². The maximum absolute atomic E-state index is 14.0. The molecule has 1 aliphatic rings. The van der Waals surface area contributed by atoms with Gasteiger partial charge in [-0.25, -0.2) is 13.6 Å². The number of hydrogen-bond acceptors (Lipinski definition) is 4. The quantitative estimate of drug-likeness (QED) is 0.700. The average Bonchev–Trinajstić information content (AvgIpc) is 2.55. The summed E-state index contributed by atoms with van der Waals surface area (Å²) in [6.07, 6.45) is 1.77. The van der Waals surface area contributed by atoms with Crippen molar-refractivity contribution in [3.8, 4) is 0 Å². The zero-order chi connectivity index (χ0) is 18.5. The van der Waals surface area contributed by atoms with Crippen molar-refractivity contribution in [1.82, 2.24) is 10.2 Å². The number of carbonyl (C=O) groups excluding carboxylic acids is 2. The third kappa shape index (κ3) is 5.33. The third-order valence-electron chi connectivity index (χ3n) is 3.80. The fraction of sp³-hybridized carbons (Fsp3) is 0.412. The fourth-order valence-corrected chi connectivity index (χ4v) is 2.21. The number of benzene rings is 1. The molecule has 136 valence electrons. The van der Waals surface area contributed by atoms with Gasteiger partial charge >= 0.3 is 6.03 Å². The Morgan fingerprint density at radius 3 is 2.64 bits per heavy atom. The zero-order valence-corrected chi connectivity index (χ0v) is 13.9. The summed E-state index contributed by atoms with van der Waals surface area (Å²) in [5, 5.41) is 2.22. The van der Waals surface area contributed by atoms with Crippen molar-refractivity contribution in [1.29, 1.82) is 0 Å². The Hall–Kier alpha value is -2.32. The topological polar surface area (TPSA) is 84.7 Å². The number of hydrogen-bond donors (Lipinski definition) is 2. The van der Waals surface area contributed by atoms with E-state index in [1.54, 1.807) is 0 Å². The lowest BCUT2D eigenvalue weighted by Crippen LogP contribution is -2.64. The highest BCUT2D eigenvalue weighted by atomic mass is 19.3. The first-order chi connectivity index (χ1) is 11.7. The van der Waals surface area contributed by atoms with Gasteiger partial charge < -0.3 is 10.1 Å². The second-order valence-electron chi connectivity index (χ2n) is 5.94. The average molecular weight is 353 g/mol. The lowest BCUT2D eigenvalue weighted by Gasteiger charge is -2.34. The Balaban J connectivity index is 1.82. The van der Waals surface area contributed by atoms with Crippen molar-refractivity contribution in [2.75, 3.05) is 13.2 Å². The number of nitrogens with one attached hydrogen (secondary N) is 1. The molecule has 2 amide bonds. The van der Waals surface area contributed by atoms with Gasteiger partial charge in [0.15, 0.2) is 11.4 Å². The molecule has 0 saturated heterocycles. The molecule has 1 aromatic rings. The van der Waals surface area contributed by atoms with Gasteiger partial charge in [0.2, 0.25) is 0 Å². The third-order valence-corrected chi connectivity index (χ3v) is 3.80. The molecule has 1 atom stereocenters. The molecular weight excluding hydrogens is 332 g/mol. The van der Waals surface area contributed by atoms with Crippen LogP contribution in [0.15, 0.2) is 42.6 Å². The first-order valence-electron chi connectivity index (χ1n) is 7.79. The van der Waals surface area contributed by atoms with Crippen molar-refractivity contribution >= 4 is 11.8 Å². The molecule has 1 unspecified atom stereocenters. The number of amides is 2. The minimum Gasteiger partial charge on any atom is -0.377 e. The first-order valence-corrected chi connectivity index (χ1v) is 7.79. The second kappa shape index (κ2) is 7.71. The van der Waals surface area contributed by atoms with E-state index < -0.39 is 36.4 Å². The molecule has 0 radical (unpaired) electrons. The van der Waals surface area contributed by atoms with Crippen LogP contribution in [0.5, 0.6) is 0 Å². The van der Waals surface area contributed by atoms with E-state index in [0.29, 0.717) is 0 Å². The number of carbonyl (C=O) groups is 2. The Bertz CT molecular complexity index is 652. The maximum atomic E-state index is 14.0. The van der Waals surface area contributed by atoms with Gasteiger partial charge in [0.1, 0.15) is 0 Å². The summed E-state index contributed by atoms with van der Waals surface area (Å²) >= 11 is 0. The number of ketones is 1. The van der Waals surface area contributed by atoms with E-state index in [-0.39, 0.29) is 13.2 Å². The molecule has 1 heterocycles. The summed E-state index contributed by atoms with van der Waals surface area (Å²) in [5.74, 6) is -3.62. The Morgan fingerprint density at radius 2 is 2.04 bits per heavy atom. The molecule has 1 aliphatic heterocycles. The molecule has 0 saturated carbocycles. The number of alkyl halides is 2. The molecular formula is C17H21F2N3O3. The smallest absolute Gasteiger partial charge is 0.323 e. The van der Waals surface area contributed by atoms with Crippen LogP contribution >= 0.6 is 0 Å². The predicted octanol–water partition coefficient (Wildman–Crippen LogP) is 2.01. The minimum absolute atomic E-state index is 0.144. The summed E-state index contributed by atoms with van der Waals surface area (Å²) in [7, 11) is 0. The van der Waals surface area contributed by atoms with Crippen LogP contribution in [0, 0.1) is 0 Å². The van der Waals surface area contributed by atoms with Gasteiger partial charge in [0, 0.05) is 12.6 Å². The van der Waals surface area contributed by atoms with Gasteiger partial charge in [-0.05, 0) is 18.6 Å². The summed E-state index contributed by atoms with van der Waals surface area (Å²) in [4.78, 5) is 24.0. The fourth-order valence-electron chi connectivity index (χ4n) is 2.21. The van der Waals surface area contributed by atoms with Crippen LogP contribution in [0.1, 0.15) is 18.9 Å². The molecule has 1 aromatic carbocycles. The number of halogens is 2. The number of urea groups is 1. The monoisotopic (exact) mass is 353 g/mol. The SMILES string of the molecule is CC(=O)C1(N)C=CN(CC(F)(F)CCOCc2ccccc2)C(=O)N1. The molecule has 8 heteroatoms. The van der Waals surface area contributed by atoms with Crippen molar-refractivity contribution in [2.24, 2.45) is 5.73 Å². The van der Waals surface area contributed by atoms with Crippen molar-refractivity contribution in [3.63, 3.8) is 0 Å². The molecule has 0 spiro atoms. The zero-order valence-electron chi connectivity index (χ0n) is 13.9. The number of nitrogens with zero attached hydrogens (tertiary/aromatic N) is 1. The summed E-state index contributed by atoms with van der Waals surface area (Å²) in [5.41, 5.74) is 4.91. The van der Waals surface area contributed by atoms with Gasteiger partial charge in [0.05, 0.1) is 19.8 Å². The lowest BCUT2D eigenvalue weighted by atomic mass is 10.1. The van der Waals surface area contributed by atoms with E-state index in [1.165, 1.54) is 13.0 Å². The van der Waals surface area contributed by atoms with E-state index in [2.05, 4.69) is 5.32 Å². The van der Waals surface area contributed by atoms with E-state index in [9.17, 15) is 18.4 Å². The van der Waals surface area contributed by atoms with Gasteiger partial charge in [-0.15, -0.1) is 0 Å². The van der Waals surface area contributed by atoms with Crippen LogP contribution < -0.4 is 11.1 Å². The van der Waals surface area contributed by atoms with Crippen molar-refractivity contribution < 1.29 is 23.1 Å². The van der Waals surface area contributed by atoms with Crippen molar-refractivity contribution in [3.05, 3.63) is 48.2 Å². The molecule has 0 aromatic heterocycles. The Kier molecular flexibility index (Phi) is 5.86. The number of Topliss-reactive ketones (excluding diaryl/α,β-unsaturated/α-hetero) is 1. The summed E-state index contributed by atoms with van der Waals surface area (Å²) in [6.45, 7) is 0.488. The van der Waals surface area contributed by atoms with Crippen molar-refractivity contribution in [2.45, 2.75) is 31.5 Å². The van der Waals surface area contributed by atoms with Crippen LogP contribution in [-0.2, 0) is 16.1 Å². The van der Waals surface area contributed by atoms with E-state index >= 15 is 0 Å². The Morgan fingerprint density at radius 1 is 1.36 bits per heavy atom.